The maximum absolute atomic E-state index is 10.9. The van der Waals surface area contributed by atoms with Crippen LogP contribution in [0.15, 0.2) is 36.4 Å². The number of benzene rings is 2. The molecule has 2 aliphatic rings. The van der Waals surface area contributed by atoms with Crippen LogP contribution in [0.2, 0.25) is 0 Å². The standard InChI is InChI=1S/C22H22O3/c1-21-9-10-22(2,13-21)18-11-14(4-8-17(18)21)3-5-15-6-7-16(20(24)25)12-19(15)23/h3-8,11-12,23H,9-10,13H2,1-2H3,(H,24,25)/b5-3+. The molecule has 3 heteroatoms. The molecule has 0 aliphatic heterocycles. The Morgan fingerprint density at radius 1 is 1.00 bits per heavy atom. The second kappa shape index (κ2) is 5.22. The lowest BCUT2D eigenvalue weighted by Crippen LogP contribution is -2.17. The summed E-state index contributed by atoms with van der Waals surface area (Å²) >= 11 is 0. The van der Waals surface area contributed by atoms with Crippen molar-refractivity contribution in [3.8, 4) is 5.75 Å². The molecule has 2 atom stereocenters. The number of carbonyl (C=O) groups is 1. The van der Waals surface area contributed by atoms with Gasteiger partial charge >= 0.3 is 5.97 Å². The van der Waals surface area contributed by atoms with E-state index < -0.39 is 5.97 Å². The third-order valence-electron chi connectivity index (χ3n) is 6.09. The zero-order chi connectivity index (χ0) is 17.8. The number of hydrogen-bond donors (Lipinski definition) is 2. The van der Waals surface area contributed by atoms with Crippen LogP contribution in [0.1, 0.15) is 65.7 Å². The number of fused-ring (bicyclic) bond motifs is 5. The number of carboxylic acids is 1. The molecule has 3 nitrogen and oxygen atoms in total. The summed E-state index contributed by atoms with van der Waals surface area (Å²) in [5.74, 6) is -1.06. The quantitative estimate of drug-likeness (QED) is 0.779. The van der Waals surface area contributed by atoms with Gasteiger partial charge in [0.25, 0.3) is 0 Å². The summed E-state index contributed by atoms with van der Waals surface area (Å²) in [6, 6.07) is 11.1. The predicted molar refractivity (Wildman–Crippen MR) is 99.0 cm³/mol. The highest BCUT2D eigenvalue weighted by atomic mass is 16.4. The fraction of sp³-hybridized carbons (Fsp3) is 0.318. The van der Waals surface area contributed by atoms with Crippen molar-refractivity contribution in [3.05, 3.63) is 64.2 Å². The van der Waals surface area contributed by atoms with Crippen LogP contribution >= 0.6 is 0 Å². The number of phenols is 1. The molecular weight excluding hydrogens is 312 g/mol. The molecule has 25 heavy (non-hydrogen) atoms. The Hall–Kier alpha value is -2.55. The first-order valence-electron chi connectivity index (χ1n) is 8.70. The van der Waals surface area contributed by atoms with Gasteiger partial charge in [0, 0.05) is 5.56 Å². The van der Waals surface area contributed by atoms with Gasteiger partial charge in [-0.05, 0) is 58.9 Å². The smallest absolute Gasteiger partial charge is 0.335 e. The predicted octanol–water partition coefficient (Wildman–Crippen LogP) is 4.97. The molecule has 128 valence electrons. The Kier molecular flexibility index (Phi) is 3.33. The van der Waals surface area contributed by atoms with Crippen molar-refractivity contribution in [3.63, 3.8) is 0 Å². The lowest BCUT2D eigenvalue weighted by molar-refractivity contribution is 0.0696. The second-order valence-electron chi connectivity index (χ2n) is 8.02. The van der Waals surface area contributed by atoms with Gasteiger partial charge < -0.3 is 10.2 Å². The minimum atomic E-state index is -1.04. The van der Waals surface area contributed by atoms with E-state index in [2.05, 4.69) is 32.0 Å². The van der Waals surface area contributed by atoms with Crippen LogP contribution in [-0.2, 0) is 10.8 Å². The number of aromatic carboxylic acids is 1. The maximum Gasteiger partial charge on any atom is 0.335 e. The minimum Gasteiger partial charge on any atom is -0.507 e. The van der Waals surface area contributed by atoms with Crippen LogP contribution in [0, 0.1) is 0 Å². The molecule has 0 saturated heterocycles. The van der Waals surface area contributed by atoms with Crippen LogP contribution in [0.5, 0.6) is 5.75 Å². The third-order valence-corrected chi connectivity index (χ3v) is 6.09. The average molecular weight is 334 g/mol. The van der Waals surface area contributed by atoms with Crippen LogP contribution in [0.4, 0.5) is 0 Å². The molecule has 2 unspecified atom stereocenters. The first kappa shape index (κ1) is 15.9. The zero-order valence-corrected chi connectivity index (χ0v) is 14.5. The van der Waals surface area contributed by atoms with Gasteiger partial charge in [-0.15, -0.1) is 0 Å². The molecule has 0 aromatic heterocycles. The Morgan fingerprint density at radius 2 is 1.72 bits per heavy atom. The van der Waals surface area contributed by atoms with E-state index >= 15 is 0 Å². The SMILES string of the molecule is CC12CCC(C)(C1)c1cc(/C=C/c3ccc(C(=O)O)cc3O)ccc12. The van der Waals surface area contributed by atoms with Crippen molar-refractivity contribution in [2.24, 2.45) is 0 Å². The molecule has 0 spiro atoms. The minimum absolute atomic E-state index is 0.0177. The fourth-order valence-corrected chi connectivity index (χ4v) is 4.74. The third kappa shape index (κ3) is 2.46. The highest BCUT2D eigenvalue weighted by Crippen LogP contribution is 2.60. The summed E-state index contributed by atoms with van der Waals surface area (Å²) in [5, 5.41) is 19.0. The van der Waals surface area contributed by atoms with E-state index in [4.69, 9.17) is 5.11 Å². The monoisotopic (exact) mass is 334 g/mol. The van der Waals surface area contributed by atoms with Gasteiger partial charge in [0.1, 0.15) is 5.75 Å². The summed E-state index contributed by atoms with van der Waals surface area (Å²) in [7, 11) is 0. The lowest BCUT2D eigenvalue weighted by Gasteiger charge is -2.27. The molecule has 0 heterocycles. The highest BCUT2D eigenvalue weighted by Gasteiger charge is 2.52. The first-order chi connectivity index (χ1) is 11.8. The van der Waals surface area contributed by atoms with E-state index in [1.807, 2.05) is 12.2 Å². The van der Waals surface area contributed by atoms with E-state index in [9.17, 15) is 9.90 Å². The molecule has 2 aromatic carbocycles. The summed E-state index contributed by atoms with van der Waals surface area (Å²) in [5.41, 5.74) is 5.39. The number of hydrogen-bond acceptors (Lipinski definition) is 2. The first-order valence-corrected chi connectivity index (χ1v) is 8.70. The average Bonchev–Trinajstić information content (AvgIpc) is 3.01. The maximum atomic E-state index is 10.9. The summed E-state index contributed by atoms with van der Waals surface area (Å²) in [6.45, 7) is 4.75. The molecule has 2 aromatic rings. The Balaban J connectivity index is 1.65. The van der Waals surface area contributed by atoms with Gasteiger partial charge in [-0.1, -0.05) is 50.3 Å². The molecular formula is C22H22O3. The molecule has 2 N–H and O–H groups in total. The Bertz CT molecular complexity index is 911. The van der Waals surface area contributed by atoms with Gasteiger partial charge in [0.2, 0.25) is 0 Å². The van der Waals surface area contributed by atoms with E-state index in [0.29, 0.717) is 16.4 Å². The van der Waals surface area contributed by atoms with Gasteiger partial charge in [-0.25, -0.2) is 4.79 Å². The Labute approximate surface area is 147 Å². The molecule has 0 amide bonds. The van der Waals surface area contributed by atoms with Crippen LogP contribution in [0.3, 0.4) is 0 Å². The summed E-state index contributed by atoms with van der Waals surface area (Å²) in [4.78, 5) is 10.9. The van der Waals surface area contributed by atoms with E-state index in [1.54, 1.807) is 6.07 Å². The summed E-state index contributed by atoms with van der Waals surface area (Å²) in [6.07, 6.45) is 7.57. The lowest BCUT2D eigenvalue weighted by atomic mass is 9.77. The van der Waals surface area contributed by atoms with Crippen molar-refractivity contribution in [2.75, 3.05) is 0 Å². The van der Waals surface area contributed by atoms with Gasteiger partial charge in [0.15, 0.2) is 0 Å². The van der Waals surface area contributed by atoms with E-state index in [-0.39, 0.29) is 11.3 Å². The van der Waals surface area contributed by atoms with Gasteiger partial charge in [0.05, 0.1) is 5.56 Å². The van der Waals surface area contributed by atoms with Crippen LogP contribution in [-0.4, -0.2) is 16.2 Å². The molecule has 2 bridgehead atoms. The van der Waals surface area contributed by atoms with Gasteiger partial charge in [-0.2, -0.15) is 0 Å². The van der Waals surface area contributed by atoms with E-state index in [0.717, 1.165) is 5.56 Å². The van der Waals surface area contributed by atoms with Crippen molar-refractivity contribution < 1.29 is 15.0 Å². The topological polar surface area (TPSA) is 57.5 Å². The second-order valence-corrected chi connectivity index (χ2v) is 8.02. The van der Waals surface area contributed by atoms with Crippen molar-refractivity contribution in [2.45, 2.75) is 43.9 Å². The number of aromatic hydroxyl groups is 1. The molecule has 0 radical (unpaired) electrons. The van der Waals surface area contributed by atoms with Crippen molar-refractivity contribution in [1.82, 2.24) is 0 Å². The molecule has 2 aliphatic carbocycles. The Morgan fingerprint density at radius 3 is 2.40 bits per heavy atom. The largest absolute Gasteiger partial charge is 0.507 e. The fourth-order valence-electron chi connectivity index (χ4n) is 4.74. The van der Waals surface area contributed by atoms with Crippen LogP contribution in [0.25, 0.3) is 12.2 Å². The normalized spacial score (nSPS) is 27.0. The number of rotatable bonds is 3. The number of phenolic OH excluding ortho intramolecular Hbond substituents is 1. The van der Waals surface area contributed by atoms with Gasteiger partial charge in [-0.3, -0.25) is 0 Å². The highest BCUT2D eigenvalue weighted by molar-refractivity contribution is 5.89. The van der Waals surface area contributed by atoms with Crippen LogP contribution < -0.4 is 0 Å². The van der Waals surface area contributed by atoms with Crippen molar-refractivity contribution >= 4 is 18.1 Å². The molecule has 1 saturated carbocycles. The molecule has 1 fully saturated rings. The molecule has 4 rings (SSSR count). The summed E-state index contributed by atoms with van der Waals surface area (Å²) < 4.78 is 0. The van der Waals surface area contributed by atoms with Crippen molar-refractivity contribution in [1.29, 1.82) is 0 Å². The zero-order valence-electron chi connectivity index (χ0n) is 14.5. The van der Waals surface area contributed by atoms with E-state index in [1.165, 1.54) is 42.5 Å². The number of carboxylic acid groups (broad SMARTS) is 1.